The minimum absolute atomic E-state index is 0.250. The molecule has 0 unspecified atom stereocenters. The van der Waals surface area contributed by atoms with E-state index in [9.17, 15) is 4.79 Å². The number of amides is 1. The van der Waals surface area contributed by atoms with Gasteiger partial charge in [0.15, 0.2) is 0 Å². The number of hydrogen-bond donors (Lipinski definition) is 1. The Kier molecular flexibility index (Phi) is 4.92. The molecule has 1 N–H and O–H groups in total. The first-order valence-corrected chi connectivity index (χ1v) is 8.72. The minimum atomic E-state index is -0.250. The van der Waals surface area contributed by atoms with E-state index in [1.807, 2.05) is 19.1 Å². The Morgan fingerprint density at radius 3 is 2.96 bits per heavy atom. The smallest absolute Gasteiger partial charge is 0.260 e. The van der Waals surface area contributed by atoms with Gasteiger partial charge in [0, 0.05) is 11.4 Å². The van der Waals surface area contributed by atoms with Crippen LogP contribution in [-0.2, 0) is 6.42 Å². The maximum Gasteiger partial charge on any atom is 0.260 e. The van der Waals surface area contributed by atoms with E-state index in [2.05, 4.69) is 27.5 Å². The number of nitrogens with one attached hydrogen (secondary N) is 1. The number of carbonyl (C=O) groups excluding carboxylic acids is 1. The number of halogens is 1. The standard InChI is InChI=1S/C16H16ClN5OS/c1-3-5-14-20-21-16(24-14)19-15(23)13-9-18-22(10(13)2)12-7-4-6-11(17)8-12/h4,6-9H,3,5H2,1-2H3,(H,19,21,23). The molecule has 124 valence electrons. The number of anilines is 1. The molecule has 0 spiro atoms. The molecule has 24 heavy (non-hydrogen) atoms. The second kappa shape index (κ2) is 7.11. The predicted octanol–water partition coefficient (Wildman–Crippen LogP) is 3.89. The molecule has 1 amide bonds. The summed E-state index contributed by atoms with van der Waals surface area (Å²) in [6, 6.07) is 7.32. The highest BCUT2D eigenvalue weighted by Gasteiger charge is 2.17. The van der Waals surface area contributed by atoms with E-state index in [1.54, 1.807) is 23.0 Å². The lowest BCUT2D eigenvalue weighted by Gasteiger charge is -2.05. The van der Waals surface area contributed by atoms with Crippen LogP contribution in [0.25, 0.3) is 5.69 Å². The van der Waals surface area contributed by atoms with Crippen LogP contribution in [0.4, 0.5) is 5.13 Å². The van der Waals surface area contributed by atoms with Crippen molar-refractivity contribution in [2.45, 2.75) is 26.7 Å². The molecular formula is C16H16ClN5OS. The molecule has 0 aliphatic heterocycles. The van der Waals surface area contributed by atoms with Crippen LogP contribution in [0.2, 0.25) is 5.02 Å². The van der Waals surface area contributed by atoms with Gasteiger partial charge in [0.1, 0.15) is 5.01 Å². The van der Waals surface area contributed by atoms with Crippen LogP contribution in [0.3, 0.4) is 0 Å². The summed E-state index contributed by atoms with van der Waals surface area (Å²) in [5.74, 6) is -0.250. The Hall–Kier alpha value is -2.25. The topological polar surface area (TPSA) is 72.7 Å². The molecule has 0 aliphatic carbocycles. The van der Waals surface area contributed by atoms with Gasteiger partial charge >= 0.3 is 0 Å². The maximum absolute atomic E-state index is 12.5. The van der Waals surface area contributed by atoms with Crippen LogP contribution >= 0.6 is 22.9 Å². The third kappa shape index (κ3) is 3.47. The fourth-order valence-corrected chi connectivity index (χ4v) is 3.31. The molecule has 2 aromatic heterocycles. The summed E-state index contributed by atoms with van der Waals surface area (Å²) in [5.41, 5.74) is 2.02. The molecule has 0 atom stereocenters. The van der Waals surface area contributed by atoms with Gasteiger partial charge in [-0.2, -0.15) is 5.10 Å². The number of aryl methyl sites for hydroxylation is 1. The summed E-state index contributed by atoms with van der Waals surface area (Å²) < 4.78 is 1.68. The summed E-state index contributed by atoms with van der Waals surface area (Å²) in [6.07, 6.45) is 3.40. The lowest BCUT2D eigenvalue weighted by molar-refractivity contribution is 0.102. The highest BCUT2D eigenvalue weighted by molar-refractivity contribution is 7.15. The zero-order chi connectivity index (χ0) is 17.1. The average molecular weight is 362 g/mol. The SMILES string of the molecule is CCCc1nnc(NC(=O)c2cnn(-c3cccc(Cl)c3)c2C)s1. The van der Waals surface area contributed by atoms with Crippen molar-refractivity contribution in [2.75, 3.05) is 5.32 Å². The molecule has 0 aliphatic rings. The van der Waals surface area contributed by atoms with Crippen LogP contribution < -0.4 is 5.32 Å². The fourth-order valence-electron chi connectivity index (χ4n) is 2.28. The molecular weight excluding hydrogens is 346 g/mol. The molecule has 8 heteroatoms. The van der Waals surface area contributed by atoms with Gasteiger partial charge in [-0.3, -0.25) is 10.1 Å². The Morgan fingerprint density at radius 2 is 2.21 bits per heavy atom. The van der Waals surface area contributed by atoms with Crippen LogP contribution in [0.1, 0.15) is 34.4 Å². The van der Waals surface area contributed by atoms with Crippen molar-refractivity contribution in [1.29, 1.82) is 0 Å². The number of nitrogens with zero attached hydrogens (tertiary/aromatic N) is 4. The summed E-state index contributed by atoms with van der Waals surface area (Å²) in [5, 5.41) is 17.2. The van der Waals surface area contributed by atoms with E-state index in [4.69, 9.17) is 11.6 Å². The molecule has 3 aromatic rings. The van der Waals surface area contributed by atoms with Gasteiger partial charge in [0.25, 0.3) is 5.91 Å². The molecule has 0 radical (unpaired) electrons. The number of benzene rings is 1. The first-order chi connectivity index (χ1) is 11.6. The predicted molar refractivity (Wildman–Crippen MR) is 95.2 cm³/mol. The van der Waals surface area contributed by atoms with Crippen molar-refractivity contribution in [3.63, 3.8) is 0 Å². The molecule has 3 rings (SSSR count). The summed E-state index contributed by atoms with van der Waals surface area (Å²) >= 11 is 7.41. The maximum atomic E-state index is 12.5. The molecule has 0 bridgehead atoms. The van der Waals surface area contributed by atoms with Gasteiger partial charge in [-0.15, -0.1) is 10.2 Å². The Balaban J connectivity index is 1.80. The number of hydrogen-bond acceptors (Lipinski definition) is 5. The normalized spacial score (nSPS) is 10.8. The Morgan fingerprint density at radius 1 is 1.38 bits per heavy atom. The van der Waals surface area contributed by atoms with E-state index < -0.39 is 0 Å². The highest BCUT2D eigenvalue weighted by atomic mass is 35.5. The first kappa shape index (κ1) is 16.6. The van der Waals surface area contributed by atoms with E-state index in [0.717, 1.165) is 29.2 Å². The van der Waals surface area contributed by atoms with Gasteiger partial charge in [-0.25, -0.2) is 4.68 Å². The van der Waals surface area contributed by atoms with Crippen LogP contribution in [-0.4, -0.2) is 25.9 Å². The number of aromatic nitrogens is 4. The molecule has 6 nitrogen and oxygen atoms in total. The van der Waals surface area contributed by atoms with E-state index in [0.29, 0.717) is 15.7 Å². The molecule has 1 aromatic carbocycles. The van der Waals surface area contributed by atoms with Gasteiger partial charge in [-0.1, -0.05) is 35.9 Å². The molecule has 0 fully saturated rings. The third-order valence-corrected chi connectivity index (χ3v) is 4.59. The number of carbonyl (C=O) groups is 1. The fraction of sp³-hybridized carbons (Fsp3) is 0.250. The second-order valence-corrected chi connectivity index (χ2v) is 6.74. The molecule has 2 heterocycles. The lowest BCUT2D eigenvalue weighted by atomic mass is 10.2. The van der Waals surface area contributed by atoms with Crippen molar-refractivity contribution in [3.05, 3.63) is 51.7 Å². The first-order valence-electron chi connectivity index (χ1n) is 7.52. The van der Waals surface area contributed by atoms with E-state index in [1.165, 1.54) is 11.3 Å². The van der Waals surface area contributed by atoms with Crippen LogP contribution in [0.5, 0.6) is 0 Å². The highest BCUT2D eigenvalue weighted by Crippen LogP contribution is 2.20. The number of rotatable bonds is 5. The van der Waals surface area contributed by atoms with Crippen molar-refractivity contribution >= 4 is 34.0 Å². The zero-order valence-corrected chi connectivity index (χ0v) is 14.9. The van der Waals surface area contributed by atoms with Gasteiger partial charge in [0.05, 0.1) is 23.1 Å². The van der Waals surface area contributed by atoms with Crippen molar-refractivity contribution in [3.8, 4) is 5.69 Å². The summed E-state index contributed by atoms with van der Waals surface area (Å²) in [6.45, 7) is 3.92. The summed E-state index contributed by atoms with van der Waals surface area (Å²) in [4.78, 5) is 12.5. The minimum Gasteiger partial charge on any atom is -0.296 e. The van der Waals surface area contributed by atoms with Crippen molar-refractivity contribution in [1.82, 2.24) is 20.0 Å². The monoisotopic (exact) mass is 361 g/mol. The average Bonchev–Trinajstić information content (AvgIpc) is 3.14. The largest absolute Gasteiger partial charge is 0.296 e. The Bertz CT molecular complexity index is 873. The Labute approximate surface area is 148 Å². The van der Waals surface area contributed by atoms with Gasteiger partial charge < -0.3 is 0 Å². The lowest BCUT2D eigenvalue weighted by Crippen LogP contribution is -2.13. The zero-order valence-electron chi connectivity index (χ0n) is 13.3. The van der Waals surface area contributed by atoms with Gasteiger partial charge in [0.2, 0.25) is 5.13 Å². The molecule has 0 saturated carbocycles. The van der Waals surface area contributed by atoms with Crippen molar-refractivity contribution in [2.24, 2.45) is 0 Å². The summed E-state index contributed by atoms with van der Waals surface area (Å²) in [7, 11) is 0. The quantitative estimate of drug-likeness (QED) is 0.748. The third-order valence-electron chi connectivity index (χ3n) is 3.46. The second-order valence-electron chi connectivity index (χ2n) is 5.24. The molecule has 0 saturated heterocycles. The van der Waals surface area contributed by atoms with Crippen LogP contribution in [0.15, 0.2) is 30.5 Å². The van der Waals surface area contributed by atoms with Crippen LogP contribution in [0, 0.1) is 6.92 Å². The van der Waals surface area contributed by atoms with E-state index >= 15 is 0 Å². The van der Waals surface area contributed by atoms with Crippen molar-refractivity contribution < 1.29 is 4.79 Å². The van der Waals surface area contributed by atoms with E-state index in [-0.39, 0.29) is 5.91 Å². The van der Waals surface area contributed by atoms with Gasteiger partial charge in [-0.05, 0) is 31.5 Å².